The first-order chi connectivity index (χ1) is 14.2. The number of rotatable bonds is 3. The van der Waals surface area contributed by atoms with Gasteiger partial charge in [0.1, 0.15) is 16.5 Å². The second-order valence-electron chi connectivity index (χ2n) is 6.90. The van der Waals surface area contributed by atoms with E-state index in [1.165, 1.54) is 17.8 Å². The lowest BCUT2D eigenvalue weighted by atomic mass is 10.00. The fraction of sp³-hybridized carbons (Fsp3) is 0.333. The van der Waals surface area contributed by atoms with Gasteiger partial charge < -0.3 is 4.90 Å². The summed E-state index contributed by atoms with van der Waals surface area (Å²) >= 11 is 6.06. The normalized spacial score (nSPS) is 15.2. The van der Waals surface area contributed by atoms with E-state index < -0.39 is 29.2 Å². The molecule has 0 saturated heterocycles. The first-order valence-electron chi connectivity index (χ1n) is 8.94. The molecule has 30 heavy (non-hydrogen) atoms. The molecule has 3 heterocycles. The molecule has 4 rings (SSSR count). The van der Waals surface area contributed by atoms with Crippen molar-refractivity contribution >= 4 is 17.3 Å². The Labute approximate surface area is 172 Å². The summed E-state index contributed by atoms with van der Waals surface area (Å²) in [6, 6.07) is 1.50. The second-order valence-corrected chi connectivity index (χ2v) is 7.28. The number of nitrogens with one attached hydrogen (secondary N) is 1. The minimum Gasteiger partial charge on any atom is -0.362 e. The Morgan fingerprint density at radius 1 is 1.30 bits per heavy atom. The van der Waals surface area contributed by atoms with E-state index in [4.69, 9.17) is 11.6 Å². The van der Waals surface area contributed by atoms with Crippen molar-refractivity contribution in [1.82, 2.24) is 25.2 Å². The van der Waals surface area contributed by atoms with Crippen LogP contribution in [0.4, 0.5) is 23.2 Å². The average Bonchev–Trinajstić information content (AvgIpc) is 3.11. The zero-order chi connectivity index (χ0) is 21.6. The molecule has 1 N–H and O–H groups in total. The van der Waals surface area contributed by atoms with Crippen LogP contribution in [-0.4, -0.2) is 31.7 Å². The number of H-pyrrole nitrogens is 1. The topological polar surface area (TPSA) is 79.7 Å². The Morgan fingerprint density at radius 3 is 2.80 bits per heavy atom. The Bertz CT molecular complexity index is 1160. The summed E-state index contributed by atoms with van der Waals surface area (Å²) in [6.07, 6.45) is -2.81. The number of hydrogen-bond donors (Lipinski definition) is 1. The monoisotopic (exact) mass is 442 g/mol. The summed E-state index contributed by atoms with van der Waals surface area (Å²) < 4.78 is 55.3. The SMILES string of the molecule is C[C@@H](c1cc(F)ccc1C(F)(F)F)n1nnc2c1CCN(c1cn[nH]c(=O)c1Cl)C2. The van der Waals surface area contributed by atoms with Crippen LogP contribution in [0, 0.1) is 5.82 Å². The zero-order valence-corrected chi connectivity index (χ0v) is 16.3. The van der Waals surface area contributed by atoms with E-state index in [2.05, 4.69) is 20.5 Å². The first kappa shape index (κ1) is 20.3. The van der Waals surface area contributed by atoms with Gasteiger partial charge in [0.2, 0.25) is 0 Å². The molecule has 0 aliphatic carbocycles. The summed E-state index contributed by atoms with van der Waals surface area (Å²) in [5, 5.41) is 14.1. The number of nitrogens with zero attached hydrogens (tertiary/aromatic N) is 5. The highest BCUT2D eigenvalue weighted by molar-refractivity contribution is 6.32. The largest absolute Gasteiger partial charge is 0.416 e. The molecule has 2 aromatic heterocycles. The lowest BCUT2D eigenvalue weighted by molar-refractivity contribution is -0.138. The van der Waals surface area contributed by atoms with Gasteiger partial charge in [-0.3, -0.25) is 4.79 Å². The molecule has 1 aromatic carbocycles. The van der Waals surface area contributed by atoms with E-state index in [9.17, 15) is 22.4 Å². The number of benzene rings is 1. The predicted molar refractivity (Wildman–Crippen MR) is 99.9 cm³/mol. The molecule has 0 radical (unpaired) electrons. The van der Waals surface area contributed by atoms with Crippen LogP contribution in [-0.2, 0) is 19.1 Å². The van der Waals surface area contributed by atoms with Gasteiger partial charge in [0.25, 0.3) is 5.56 Å². The van der Waals surface area contributed by atoms with Gasteiger partial charge in [0.15, 0.2) is 0 Å². The minimum absolute atomic E-state index is 0.0104. The summed E-state index contributed by atoms with van der Waals surface area (Å²) in [5.41, 5.74) is -0.0560. The molecule has 7 nitrogen and oxygen atoms in total. The van der Waals surface area contributed by atoms with Crippen molar-refractivity contribution in [2.24, 2.45) is 0 Å². The third-order valence-corrected chi connectivity index (χ3v) is 5.45. The molecule has 0 amide bonds. The molecule has 1 atom stereocenters. The van der Waals surface area contributed by atoms with Gasteiger partial charge in [-0.05, 0) is 30.7 Å². The Balaban J connectivity index is 1.68. The van der Waals surface area contributed by atoms with Crippen LogP contribution in [0.3, 0.4) is 0 Å². The lowest BCUT2D eigenvalue weighted by Crippen LogP contribution is -2.33. The second kappa shape index (κ2) is 7.38. The number of anilines is 1. The van der Waals surface area contributed by atoms with Crippen molar-refractivity contribution in [2.45, 2.75) is 32.1 Å². The van der Waals surface area contributed by atoms with E-state index in [0.717, 1.165) is 18.2 Å². The summed E-state index contributed by atoms with van der Waals surface area (Å²) in [4.78, 5) is 13.5. The highest BCUT2D eigenvalue weighted by atomic mass is 35.5. The molecule has 1 aliphatic heterocycles. The minimum atomic E-state index is -4.63. The van der Waals surface area contributed by atoms with Crippen molar-refractivity contribution in [3.8, 4) is 0 Å². The fourth-order valence-electron chi connectivity index (χ4n) is 3.61. The van der Waals surface area contributed by atoms with E-state index in [1.807, 2.05) is 0 Å². The number of alkyl halides is 3. The van der Waals surface area contributed by atoms with Crippen LogP contribution in [0.5, 0.6) is 0 Å². The number of aromatic nitrogens is 5. The smallest absolute Gasteiger partial charge is 0.362 e. The quantitative estimate of drug-likeness (QED) is 0.629. The van der Waals surface area contributed by atoms with Crippen molar-refractivity contribution < 1.29 is 17.6 Å². The molecule has 0 bridgehead atoms. The maximum atomic E-state index is 13.7. The maximum absolute atomic E-state index is 13.7. The van der Waals surface area contributed by atoms with Crippen LogP contribution in [0.25, 0.3) is 0 Å². The molecule has 12 heteroatoms. The molecular weight excluding hydrogens is 428 g/mol. The first-order valence-corrected chi connectivity index (χ1v) is 9.32. The fourth-order valence-corrected chi connectivity index (χ4v) is 3.82. The van der Waals surface area contributed by atoms with Crippen LogP contribution in [0.2, 0.25) is 5.02 Å². The van der Waals surface area contributed by atoms with E-state index in [1.54, 1.807) is 4.90 Å². The Morgan fingerprint density at radius 2 is 2.07 bits per heavy atom. The van der Waals surface area contributed by atoms with Gasteiger partial charge in [-0.1, -0.05) is 16.8 Å². The van der Waals surface area contributed by atoms with Crippen LogP contribution in [0.15, 0.2) is 29.2 Å². The van der Waals surface area contributed by atoms with E-state index in [0.29, 0.717) is 30.0 Å². The van der Waals surface area contributed by atoms with Crippen molar-refractivity contribution in [1.29, 1.82) is 0 Å². The van der Waals surface area contributed by atoms with Crippen LogP contribution >= 0.6 is 11.6 Å². The maximum Gasteiger partial charge on any atom is 0.416 e. The number of fused-ring (bicyclic) bond motifs is 1. The molecule has 0 saturated carbocycles. The van der Waals surface area contributed by atoms with Gasteiger partial charge in [-0.25, -0.2) is 14.2 Å². The summed E-state index contributed by atoms with van der Waals surface area (Å²) in [7, 11) is 0. The molecule has 0 unspecified atom stereocenters. The molecule has 0 spiro atoms. The average molecular weight is 443 g/mol. The van der Waals surface area contributed by atoms with Gasteiger partial charge in [0, 0.05) is 13.0 Å². The third kappa shape index (κ3) is 3.53. The van der Waals surface area contributed by atoms with E-state index >= 15 is 0 Å². The lowest BCUT2D eigenvalue weighted by Gasteiger charge is -2.29. The highest BCUT2D eigenvalue weighted by Crippen LogP contribution is 2.37. The Kier molecular flexibility index (Phi) is 5.00. The van der Waals surface area contributed by atoms with Gasteiger partial charge in [0.05, 0.1) is 35.7 Å². The standard InChI is InChI=1S/C18H15ClF4N6O/c1-9(11-6-10(20)2-3-12(11)18(21,22)23)29-14-4-5-28(8-13(14)25-27-29)15-7-24-26-17(30)16(15)19/h2-3,6-7,9H,4-5,8H2,1H3,(H,26,30)/t9-/m0/s1. The highest BCUT2D eigenvalue weighted by Gasteiger charge is 2.36. The summed E-state index contributed by atoms with van der Waals surface area (Å²) in [5.74, 6) is -0.763. The predicted octanol–water partition coefficient (Wildman–Crippen LogP) is 3.34. The van der Waals surface area contributed by atoms with Crippen LogP contribution < -0.4 is 10.5 Å². The van der Waals surface area contributed by atoms with Gasteiger partial charge >= 0.3 is 6.18 Å². The molecular formula is C18H15ClF4N6O. The van der Waals surface area contributed by atoms with Crippen molar-refractivity contribution in [3.63, 3.8) is 0 Å². The van der Waals surface area contributed by atoms with Gasteiger partial charge in [-0.15, -0.1) is 5.10 Å². The zero-order valence-electron chi connectivity index (χ0n) is 15.5. The Hall–Kier alpha value is -2.95. The van der Waals surface area contributed by atoms with Crippen molar-refractivity contribution in [2.75, 3.05) is 11.4 Å². The molecule has 0 fully saturated rings. The van der Waals surface area contributed by atoms with E-state index in [-0.39, 0.29) is 17.1 Å². The number of halogens is 5. The number of aromatic amines is 1. The number of hydrogen-bond acceptors (Lipinski definition) is 5. The summed E-state index contributed by atoms with van der Waals surface area (Å²) in [6.45, 7) is 2.19. The molecule has 1 aliphatic rings. The van der Waals surface area contributed by atoms with Gasteiger partial charge in [-0.2, -0.15) is 18.3 Å². The molecule has 158 valence electrons. The van der Waals surface area contributed by atoms with Crippen LogP contribution in [0.1, 0.15) is 35.5 Å². The third-order valence-electron chi connectivity index (χ3n) is 5.08. The molecule has 3 aromatic rings. The van der Waals surface area contributed by atoms with Crippen molar-refractivity contribution in [3.05, 3.63) is 68.1 Å².